The molecule has 0 spiro atoms. The Morgan fingerprint density at radius 1 is 1.30 bits per heavy atom. The second-order valence-corrected chi connectivity index (χ2v) is 6.77. The summed E-state index contributed by atoms with van der Waals surface area (Å²) in [6.07, 6.45) is 9.97. The summed E-state index contributed by atoms with van der Waals surface area (Å²) in [6, 6.07) is 9.94. The lowest BCUT2D eigenvalue weighted by Crippen LogP contribution is -2.71. The fourth-order valence-corrected chi connectivity index (χ4v) is 3.08. The number of nitrogens with zero attached hydrogens (tertiary/aromatic N) is 2. The number of amides is 1. The first-order valence-electron chi connectivity index (χ1n) is 9.25. The van der Waals surface area contributed by atoms with Crippen molar-refractivity contribution in [3.05, 3.63) is 66.5 Å². The molecule has 0 radical (unpaired) electrons. The molecule has 0 unspecified atom stereocenters. The highest BCUT2D eigenvalue weighted by Gasteiger charge is 2.29. The van der Waals surface area contributed by atoms with Crippen LogP contribution in [0.1, 0.15) is 19.8 Å². The Hall–Kier alpha value is -2.70. The Kier molecular flexibility index (Phi) is 7.98. The van der Waals surface area contributed by atoms with Crippen molar-refractivity contribution in [3.8, 4) is 0 Å². The minimum atomic E-state index is -0.142. The quantitative estimate of drug-likeness (QED) is 0.235. The highest BCUT2D eigenvalue weighted by molar-refractivity contribution is 6.08. The number of para-hydroxylation sites is 1. The van der Waals surface area contributed by atoms with Crippen molar-refractivity contribution in [3.63, 3.8) is 0 Å². The van der Waals surface area contributed by atoms with Crippen LogP contribution in [0.4, 0.5) is 5.69 Å². The minimum Gasteiger partial charge on any atom is -0.405 e. The number of nitrogens with two attached hydrogens (primary N) is 2. The average Bonchev–Trinajstić information content (AvgIpc) is 2.68. The first kappa shape index (κ1) is 20.6. The van der Waals surface area contributed by atoms with E-state index >= 15 is 0 Å². The Balaban J connectivity index is 2.14. The number of quaternary nitrogens is 1. The second-order valence-electron chi connectivity index (χ2n) is 6.77. The molecule has 27 heavy (non-hydrogen) atoms. The van der Waals surface area contributed by atoms with Gasteiger partial charge in [-0.2, -0.15) is 0 Å². The molecule has 6 nitrogen and oxygen atoms in total. The number of piperidine rings is 1. The Bertz CT molecular complexity index is 715. The number of amidine groups is 1. The molecule has 0 aromatic heterocycles. The third-order valence-corrected chi connectivity index (χ3v) is 4.67. The van der Waals surface area contributed by atoms with E-state index in [1.54, 1.807) is 30.1 Å². The number of hydrogen-bond donors (Lipinski definition) is 3. The summed E-state index contributed by atoms with van der Waals surface area (Å²) in [5.41, 5.74) is 7.01. The third kappa shape index (κ3) is 6.20. The molecule has 144 valence electrons. The zero-order valence-corrected chi connectivity index (χ0v) is 16.1. The first-order chi connectivity index (χ1) is 13.0. The maximum Gasteiger partial charge on any atom is 0.255 e. The van der Waals surface area contributed by atoms with Crippen LogP contribution in [0.5, 0.6) is 0 Å². The number of benzene rings is 1. The van der Waals surface area contributed by atoms with Crippen LogP contribution in [-0.2, 0) is 4.79 Å². The smallest absolute Gasteiger partial charge is 0.255 e. The highest BCUT2D eigenvalue weighted by atomic mass is 16.2. The zero-order valence-electron chi connectivity index (χ0n) is 16.1. The van der Waals surface area contributed by atoms with Gasteiger partial charge in [0, 0.05) is 17.7 Å². The molecule has 1 fully saturated rings. The topological polar surface area (TPSA) is 90.0 Å². The molecule has 1 aromatic rings. The fraction of sp³-hybridized carbons (Fsp3) is 0.333. The highest BCUT2D eigenvalue weighted by Crippen LogP contribution is 2.19. The molecular weight excluding hydrogens is 338 g/mol. The Labute approximate surface area is 161 Å². The third-order valence-electron chi connectivity index (χ3n) is 4.67. The predicted octanol–water partition coefficient (Wildman–Crippen LogP) is 1.71. The van der Waals surface area contributed by atoms with E-state index in [1.165, 1.54) is 6.20 Å². The number of hydrogen-bond acceptors (Lipinski definition) is 4. The molecular formula is C21H30N5O+. The van der Waals surface area contributed by atoms with Crippen LogP contribution in [-0.4, -0.2) is 47.7 Å². The van der Waals surface area contributed by atoms with Crippen LogP contribution in [0, 0.1) is 5.41 Å². The van der Waals surface area contributed by atoms with E-state index in [4.69, 9.17) is 11.1 Å². The van der Waals surface area contributed by atoms with Crippen LogP contribution < -0.4 is 11.1 Å². The lowest BCUT2D eigenvalue weighted by Gasteiger charge is -2.36. The largest absolute Gasteiger partial charge is 0.405 e. The molecule has 6 heteroatoms. The van der Waals surface area contributed by atoms with Gasteiger partial charge in [-0.15, -0.1) is 0 Å². The van der Waals surface area contributed by atoms with E-state index in [0.29, 0.717) is 5.57 Å². The summed E-state index contributed by atoms with van der Waals surface area (Å²) in [6.45, 7) is 3.61. The van der Waals surface area contributed by atoms with E-state index in [9.17, 15) is 4.79 Å². The summed E-state index contributed by atoms with van der Waals surface area (Å²) < 4.78 is 0. The first-order valence-corrected chi connectivity index (χ1v) is 9.25. The molecule has 1 amide bonds. The van der Waals surface area contributed by atoms with Crippen LogP contribution in [0.25, 0.3) is 0 Å². The Morgan fingerprint density at radius 3 is 2.59 bits per heavy atom. The van der Waals surface area contributed by atoms with Crippen molar-refractivity contribution < 1.29 is 10.1 Å². The van der Waals surface area contributed by atoms with Crippen molar-refractivity contribution >= 4 is 17.4 Å². The lowest BCUT2D eigenvalue weighted by molar-refractivity contribution is -0.496. The standard InChI is InChI=1S/C21H29N5O/c1-17(7-6-13-22)21(27)26(19-11-15-25(2)16-12-19)20(23)10-14-24-18-8-4-3-5-9-18/h3-10,13-14,19,23-24H,11-12,15-16,22H2,1-2H3/p+1/b13-6-,14-10-,17-7+,23-20?. The normalized spacial score (nSPS) is 16.9. The molecule has 0 aliphatic carbocycles. The van der Waals surface area contributed by atoms with Crippen LogP contribution in [0.3, 0.4) is 0 Å². The van der Waals surface area contributed by atoms with Crippen LogP contribution in [0.15, 0.2) is 66.5 Å². The molecule has 1 aliphatic heterocycles. The molecule has 1 heterocycles. The molecule has 0 bridgehead atoms. The molecule has 1 aliphatic rings. The lowest BCUT2D eigenvalue weighted by atomic mass is 10.0. The van der Waals surface area contributed by atoms with Gasteiger partial charge in [-0.1, -0.05) is 24.3 Å². The van der Waals surface area contributed by atoms with Gasteiger partial charge in [-0.05, 0) is 64.3 Å². The van der Waals surface area contributed by atoms with Gasteiger partial charge in [0.15, 0.2) is 0 Å². The van der Waals surface area contributed by atoms with Crippen LogP contribution in [0.2, 0.25) is 0 Å². The number of nitrogens with one attached hydrogen (secondary N) is 1. The van der Waals surface area contributed by atoms with Gasteiger partial charge in [0.05, 0.1) is 0 Å². The fourth-order valence-electron chi connectivity index (χ4n) is 3.08. The van der Waals surface area contributed by atoms with Crippen molar-refractivity contribution in [1.29, 1.82) is 5.41 Å². The van der Waals surface area contributed by atoms with Crippen molar-refractivity contribution in [2.45, 2.75) is 25.8 Å². The summed E-state index contributed by atoms with van der Waals surface area (Å²) in [5.74, 6) is 0.0724. The molecule has 1 aromatic carbocycles. The van der Waals surface area contributed by atoms with Gasteiger partial charge in [0.25, 0.3) is 5.91 Å². The SMILES string of the molecule is C/C(=C\C=C/N)C(=O)N(C(=N)/C=C\[NH2+]c1ccccc1)C1CCN(C)CC1. The van der Waals surface area contributed by atoms with Crippen molar-refractivity contribution in [1.82, 2.24) is 9.80 Å². The van der Waals surface area contributed by atoms with E-state index in [2.05, 4.69) is 11.9 Å². The summed E-state index contributed by atoms with van der Waals surface area (Å²) in [7, 11) is 2.08. The van der Waals surface area contributed by atoms with Gasteiger partial charge in [-0.25, -0.2) is 0 Å². The summed E-state index contributed by atoms with van der Waals surface area (Å²) >= 11 is 0. The summed E-state index contributed by atoms with van der Waals surface area (Å²) in [4.78, 5) is 16.9. The average molecular weight is 369 g/mol. The van der Waals surface area contributed by atoms with Gasteiger partial charge in [0.2, 0.25) is 0 Å². The molecule has 5 N–H and O–H groups in total. The minimum absolute atomic E-state index is 0.0350. The van der Waals surface area contributed by atoms with Crippen molar-refractivity contribution in [2.24, 2.45) is 5.73 Å². The molecule has 1 saturated heterocycles. The monoisotopic (exact) mass is 368 g/mol. The van der Waals surface area contributed by atoms with Gasteiger partial charge in [0.1, 0.15) is 17.7 Å². The number of rotatable bonds is 6. The molecule has 0 atom stereocenters. The number of carbonyl (C=O) groups excluding carboxylic acids is 1. The maximum absolute atomic E-state index is 13.0. The van der Waals surface area contributed by atoms with E-state index in [-0.39, 0.29) is 17.8 Å². The zero-order chi connectivity index (χ0) is 19.6. The Morgan fingerprint density at radius 2 is 1.96 bits per heavy atom. The number of likely N-dealkylation sites (tertiary alicyclic amines) is 1. The maximum atomic E-state index is 13.0. The van der Waals surface area contributed by atoms with Crippen molar-refractivity contribution in [2.75, 3.05) is 20.1 Å². The summed E-state index contributed by atoms with van der Waals surface area (Å²) in [5, 5.41) is 10.5. The van der Waals surface area contributed by atoms with Gasteiger partial charge in [-0.3, -0.25) is 20.4 Å². The molecule has 2 rings (SSSR count). The van der Waals surface area contributed by atoms with E-state index in [1.807, 2.05) is 41.8 Å². The second kappa shape index (κ2) is 10.4. The number of carbonyl (C=O) groups is 1. The van der Waals surface area contributed by atoms with Crippen LogP contribution >= 0.6 is 0 Å². The molecule has 0 saturated carbocycles. The van der Waals surface area contributed by atoms with Gasteiger partial charge >= 0.3 is 0 Å². The van der Waals surface area contributed by atoms with E-state index in [0.717, 1.165) is 31.6 Å². The van der Waals surface area contributed by atoms with E-state index < -0.39 is 0 Å². The number of allylic oxidation sites excluding steroid dienone is 2. The predicted molar refractivity (Wildman–Crippen MR) is 109 cm³/mol. The van der Waals surface area contributed by atoms with Gasteiger partial charge < -0.3 is 10.6 Å².